The number of ether oxygens (including phenoxy) is 2. The maximum Gasteiger partial charge on any atom is 0.413 e. The molecule has 0 heterocycles. The zero-order valence-electron chi connectivity index (χ0n) is 26.7. The molecule has 2 aromatic rings. The molecule has 0 aliphatic rings. The third kappa shape index (κ3) is 10.8. The Morgan fingerprint density at radius 1 is 1.05 bits per heavy atom. The molecule has 43 heavy (non-hydrogen) atoms. The van der Waals surface area contributed by atoms with Crippen molar-refractivity contribution in [3.05, 3.63) is 58.7 Å². The Labute approximate surface area is 255 Å². The molecule has 10 nitrogen and oxygen atoms in total. The van der Waals surface area contributed by atoms with Crippen LogP contribution in [0.5, 0.6) is 0 Å². The van der Waals surface area contributed by atoms with Crippen LogP contribution in [0.15, 0.2) is 36.4 Å². The zero-order valence-corrected chi connectivity index (χ0v) is 26.7. The van der Waals surface area contributed by atoms with Crippen LogP contribution in [-0.4, -0.2) is 61.7 Å². The minimum Gasteiger partial charge on any atom is -0.466 e. The van der Waals surface area contributed by atoms with Crippen molar-refractivity contribution in [3.63, 3.8) is 0 Å². The molecule has 10 heteroatoms. The summed E-state index contributed by atoms with van der Waals surface area (Å²) in [5, 5.41) is 16.7. The molecule has 0 bridgehead atoms. The van der Waals surface area contributed by atoms with Gasteiger partial charge in [-0.1, -0.05) is 11.8 Å². The van der Waals surface area contributed by atoms with Gasteiger partial charge in [0.1, 0.15) is 11.4 Å². The highest BCUT2D eigenvalue weighted by Crippen LogP contribution is 2.27. The number of alkyl carbamates (subject to hydrolysis) is 1. The van der Waals surface area contributed by atoms with Gasteiger partial charge in [0.05, 0.1) is 25.6 Å². The number of anilines is 2. The molecule has 0 radical (unpaired) electrons. The first kappa shape index (κ1) is 34.8. The summed E-state index contributed by atoms with van der Waals surface area (Å²) in [6.45, 7) is 15.5. The minimum absolute atomic E-state index is 0.0464. The van der Waals surface area contributed by atoms with Crippen LogP contribution in [-0.2, 0) is 19.1 Å². The fourth-order valence-electron chi connectivity index (χ4n) is 4.23. The lowest BCUT2D eigenvalue weighted by molar-refractivity contribution is -0.145. The van der Waals surface area contributed by atoms with E-state index >= 15 is 0 Å². The van der Waals surface area contributed by atoms with Crippen molar-refractivity contribution in [2.45, 2.75) is 79.5 Å². The van der Waals surface area contributed by atoms with Gasteiger partial charge in [0.15, 0.2) is 0 Å². The summed E-state index contributed by atoms with van der Waals surface area (Å²) >= 11 is 0. The van der Waals surface area contributed by atoms with Crippen LogP contribution in [0.2, 0.25) is 0 Å². The van der Waals surface area contributed by atoms with Gasteiger partial charge in [-0.15, -0.1) is 0 Å². The predicted octanol–water partition coefficient (Wildman–Crippen LogP) is 4.90. The van der Waals surface area contributed by atoms with Gasteiger partial charge < -0.3 is 25.0 Å². The van der Waals surface area contributed by atoms with Crippen LogP contribution < -0.4 is 20.9 Å². The lowest BCUT2D eigenvalue weighted by Crippen LogP contribution is -2.49. The van der Waals surface area contributed by atoms with Crippen molar-refractivity contribution >= 4 is 35.2 Å². The first-order valence-electron chi connectivity index (χ1n) is 14.4. The number of nitrogens with zero attached hydrogens (tertiary/aromatic N) is 1. The fraction of sp³-hybridized carbons (Fsp3) is 0.455. The monoisotopic (exact) mass is 591 g/mol. The van der Waals surface area contributed by atoms with Gasteiger partial charge >= 0.3 is 12.1 Å². The number of carbonyl (C=O) groups excluding carboxylic acids is 3. The second-order valence-electron chi connectivity index (χ2n) is 11.3. The molecule has 2 amide bonds. The van der Waals surface area contributed by atoms with E-state index in [1.807, 2.05) is 52.0 Å². The van der Waals surface area contributed by atoms with Crippen molar-refractivity contribution in [3.8, 4) is 11.8 Å². The van der Waals surface area contributed by atoms with Gasteiger partial charge in [-0.3, -0.25) is 20.3 Å². The lowest BCUT2D eigenvalue weighted by Gasteiger charge is -2.32. The number of amidine groups is 1. The molecule has 0 spiro atoms. The summed E-state index contributed by atoms with van der Waals surface area (Å²) < 4.78 is 10.2. The fourth-order valence-corrected chi connectivity index (χ4v) is 4.23. The van der Waals surface area contributed by atoms with Gasteiger partial charge in [-0.05, 0) is 110 Å². The van der Waals surface area contributed by atoms with Crippen LogP contribution in [0, 0.1) is 31.1 Å². The minimum atomic E-state index is -0.701. The molecule has 2 rings (SSSR count). The lowest BCUT2D eigenvalue weighted by atomic mass is 10.0. The zero-order chi connectivity index (χ0) is 32.3. The van der Waals surface area contributed by atoms with Crippen LogP contribution in [0.1, 0.15) is 70.2 Å². The van der Waals surface area contributed by atoms with Gasteiger partial charge in [0.2, 0.25) is 5.91 Å². The summed E-state index contributed by atoms with van der Waals surface area (Å²) in [5.41, 5.74) is 4.18. The van der Waals surface area contributed by atoms with E-state index in [0.29, 0.717) is 12.1 Å². The summed E-state index contributed by atoms with van der Waals surface area (Å²) in [6.07, 6.45) is -0.719. The standard InChI is InChI=1S/C33H45N5O5/c1-10-42-29(39)20-27(35-9)31(40)38(21(2)3)28-19-22(4)25(18-23(28)5)12-11-17-36-26-15-13-24(14-16-26)30(34)37-32(41)43-33(6,7)8/h13-16,18-19,21,27,35-36H,10,17,20H2,1-9H3,(H2,34,37,41). The van der Waals surface area contributed by atoms with E-state index in [0.717, 1.165) is 28.1 Å². The summed E-state index contributed by atoms with van der Waals surface area (Å²) in [4.78, 5) is 39.2. The highest BCUT2D eigenvalue weighted by Gasteiger charge is 2.29. The van der Waals surface area contributed by atoms with Crippen LogP contribution in [0.25, 0.3) is 0 Å². The Hall–Kier alpha value is -4.36. The molecule has 1 atom stereocenters. The van der Waals surface area contributed by atoms with E-state index in [9.17, 15) is 14.4 Å². The number of benzene rings is 2. The normalized spacial score (nSPS) is 11.6. The number of aryl methyl sites for hydroxylation is 2. The van der Waals surface area contributed by atoms with Crippen molar-refractivity contribution in [1.29, 1.82) is 5.41 Å². The predicted molar refractivity (Wildman–Crippen MR) is 171 cm³/mol. The molecule has 0 aliphatic carbocycles. The van der Waals surface area contributed by atoms with E-state index in [-0.39, 0.29) is 30.8 Å². The van der Waals surface area contributed by atoms with E-state index < -0.39 is 23.7 Å². The maximum atomic E-state index is 13.5. The summed E-state index contributed by atoms with van der Waals surface area (Å²) in [5.74, 6) is 5.68. The number of nitrogens with one attached hydrogen (secondary N) is 4. The number of carbonyl (C=O) groups is 3. The smallest absolute Gasteiger partial charge is 0.413 e. The van der Waals surface area contributed by atoms with Crippen LogP contribution >= 0.6 is 0 Å². The van der Waals surface area contributed by atoms with Gasteiger partial charge in [-0.25, -0.2) is 4.79 Å². The first-order chi connectivity index (χ1) is 20.2. The van der Waals surface area contributed by atoms with E-state index in [1.54, 1.807) is 51.8 Å². The number of hydrogen-bond donors (Lipinski definition) is 4. The van der Waals surface area contributed by atoms with Gasteiger partial charge in [0.25, 0.3) is 0 Å². The number of amides is 2. The quantitative estimate of drug-likeness (QED) is 0.134. The van der Waals surface area contributed by atoms with Gasteiger partial charge in [0, 0.05) is 28.5 Å². The molecule has 0 aliphatic heterocycles. The van der Waals surface area contributed by atoms with Crippen molar-refractivity contribution in [2.75, 3.05) is 30.4 Å². The van der Waals surface area contributed by atoms with Gasteiger partial charge in [-0.2, -0.15) is 0 Å². The third-order valence-corrected chi connectivity index (χ3v) is 6.28. The number of esters is 1. The molecule has 0 aromatic heterocycles. The molecule has 0 saturated heterocycles. The van der Waals surface area contributed by atoms with Crippen molar-refractivity contribution in [1.82, 2.24) is 10.6 Å². The molecule has 232 valence electrons. The molecule has 0 saturated carbocycles. The Balaban J connectivity index is 2.09. The number of hydrogen-bond acceptors (Lipinski definition) is 8. The largest absolute Gasteiger partial charge is 0.466 e. The molecular weight excluding hydrogens is 546 g/mol. The topological polar surface area (TPSA) is 133 Å². The summed E-state index contributed by atoms with van der Waals surface area (Å²) in [6, 6.07) is 10.2. The Morgan fingerprint density at radius 2 is 1.70 bits per heavy atom. The Kier molecular flexibility index (Phi) is 12.8. The van der Waals surface area contributed by atoms with Crippen LogP contribution in [0.3, 0.4) is 0 Å². The third-order valence-electron chi connectivity index (χ3n) is 6.28. The molecule has 2 aromatic carbocycles. The first-order valence-corrected chi connectivity index (χ1v) is 14.4. The second kappa shape index (κ2) is 15.8. The van der Waals surface area contributed by atoms with Crippen molar-refractivity contribution in [2.24, 2.45) is 0 Å². The average Bonchev–Trinajstić information content (AvgIpc) is 2.91. The number of likely N-dealkylation sites (N-methyl/N-ethyl adjacent to an activating group) is 1. The molecule has 1 unspecified atom stereocenters. The Bertz CT molecular complexity index is 1370. The molecule has 4 N–H and O–H groups in total. The molecular formula is C33H45N5O5. The maximum absolute atomic E-state index is 13.5. The van der Waals surface area contributed by atoms with E-state index in [2.05, 4.69) is 27.8 Å². The van der Waals surface area contributed by atoms with Crippen molar-refractivity contribution < 1.29 is 23.9 Å². The SMILES string of the molecule is CCOC(=O)CC(NC)C(=O)N(c1cc(C)c(C#CCNc2ccc(C(=N)NC(=O)OC(C)(C)C)cc2)cc1C)C(C)C. The Morgan fingerprint density at radius 3 is 2.26 bits per heavy atom. The van der Waals surface area contributed by atoms with Crippen LogP contribution in [0.4, 0.5) is 16.2 Å². The highest BCUT2D eigenvalue weighted by molar-refractivity contribution is 6.04. The average molecular weight is 592 g/mol. The highest BCUT2D eigenvalue weighted by atomic mass is 16.6. The molecule has 0 fully saturated rings. The van der Waals surface area contributed by atoms with E-state index in [1.165, 1.54) is 0 Å². The summed E-state index contributed by atoms with van der Waals surface area (Å²) in [7, 11) is 1.66. The number of rotatable bonds is 10. The van der Waals surface area contributed by atoms with E-state index in [4.69, 9.17) is 14.9 Å². The second-order valence-corrected chi connectivity index (χ2v) is 11.3.